The fourth-order valence-electron chi connectivity index (χ4n) is 2.48. The third-order valence-corrected chi connectivity index (χ3v) is 4.74. The maximum Gasteiger partial charge on any atom is 0.335 e. The molecule has 3 rings (SSSR count). The van der Waals surface area contributed by atoms with Crippen molar-refractivity contribution in [3.63, 3.8) is 0 Å². The summed E-state index contributed by atoms with van der Waals surface area (Å²) in [5.41, 5.74) is 1.98. The fraction of sp³-hybridized carbons (Fsp3) is 0.100. The first-order chi connectivity index (χ1) is 12.1. The van der Waals surface area contributed by atoms with Gasteiger partial charge in [0.15, 0.2) is 0 Å². The number of carbonyl (C=O) groups is 2. The Morgan fingerprint density at radius 2 is 1.64 bits per heavy atom. The molecule has 0 aliphatic carbocycles. The second-order valence-electron chi connectivity index (χ2n) is 5.60. The average molecular weight is 351 g/mol. The van der Waals surface area contributed by atoms with E-state index in [0.29, 0.717) is 11.4 Å². The number of carboxylic acid groups (broad SMARTS) is 1. The van der Waals surface area contributed by atoms with Crippen molar-refractivity contribution in [1.29, 1.82) is 0 Å². The van der Waals surface area contributed by atoms with Gasteiger partial charge in [-0.1, -0.05) is 42.5 Å². The van der Waals surface area contributed by atoms with Crippen LogP contribution in [0, 0.1) is 0 Å². The molecular weight excluding hydrogens is 334 g/mol. The van der Waals surface area contributed by atoms with Gasteiger partial charge in [-0.05, 0) is 40.6 Å². The molecule has 0 unspecified atom stereocenters. The number of benzene rings is 3. The maximum absolute atomic E-state index is 12.0. The van der Waals surface area contributed by atoms with Gasteiger partial charge in [0.1, 0.15) is 0 Å². The fourth-order valence-corrected chi connectivity index (χ4v) is 3.26. The standard InChI is InChI=1S/C20H17NO3S/c22-19(21-18-9-7-16(8-10-18)20(23)24)13-25-12-14-5-6-15-3-1-2-4-17(15)11-14/h1-11H,12-13H2,(H,21,22)(H,23,24). The average Bonchev–Trinajstić information content (AvgIpc) is 2.62. The van der Waals surface area contributed by atoms with E-state index in [9.17, 15) is 9.59 Å². The lowest BCUT2D eigenvalue weighted by molar-refractivity contribution is -0.113. The molecule has 0 aliphatic rings. The summed E-state index contributed by atoms with van der Waals surface area (Å²) in [7, 11) is 0. The SMILES string of the molecule is O=C(CSCc1ccc2ccccc2c1)Nc1ccc(C(=O)O)cc1. The van der Waals surface area contributed by atoms with Gasteiger partial charge in [-0.15, -0.1) is 11.8 Å². The van der Waals surface area contributed by atoms with E-state index in [2.05, 4.69) is 35.6 Å². The Hall–Kier alpha value is -2.79. The first-order valence-corrected chi connectivity index (χ1v) is 8.96. The highest BCUT2D eigenvalue weighted by Gasteiger charge is 2.06. The smallest absolute Gasteiger partial charge is 0.335 e. The number of carbonyl (C=O) groups excluding carboxylic acids is 1. The number of fused-ring (bicyclic) bond motifs is 1. The van der Waals surface area contributed by atoms with E-state index < -0.39 is 5.97 Å². The van der Waals surface area contributed by atoms with E-state index >= 15 is 0 Å². The number of thioether (sulfide) groups is 1. The second-order valence-corrected chi connectivity index (χ2v) is 6.59. The van der Waals surface area contributed by atoms with Gasteiger partial charge in [-0.25, -0.2) is 4.79 Å². The molecule has 0 heterocycles. The first kappa shape index (κ1) is 17.0. The predicted molar refractivity (Wildman–Crippen MR) is 102 cm³/mol. The number of amides is 1. The summed E-state index contributed by atoms with van der Waals surface area (Å²) in [6.45, 7) is 0. The summed E-state index contributed by atoms with van der Waals surface area (Å²) in [5, 5.41) is 14.0. The van der Waals surface area contributed by atoms with Crippen LogP contribution in [0.3, 0.4) is 0 Å². The van der Waals surface area contributed by atoms with Crippen molar-refractivity contribution in [3.8, 4) is 0 Å². The lowest BCUT2D eigenvalue weighted by Gasteiger charge is -2.06. The third kappa shape index (κ3) is 4.61. The molecule has 3 aromatic rings. The number of aromatic carboxylic acids is 1. The second kappa shape index (κ2) is 7.85. The molecule has 0 saturated heterocycles. The molecule has 0 bridgehead atoms. The first-order valence-electron chi connectivity index (χ1n) is 7.80. The van der Waals surface area contributed by atoms with E-state index in [-0.39, 0.29) is 11.5 Å². The van der Waals surface area contributed by atoms with Crippen LogP contribution in [0.5, 0.6) is 0 Å². The third-order valence-electron chi connectivity index (χ3n) is 3.73. The molecule has 0 saturated carbocycles. The lowest BCUT2D eigenvalue weighted by atomic mass is 10.1. The van der Waals surface area contributed by atoms with E-state index in [1.165, 1.54) is 28.5 Å². The molecule has 0 aromatic heterocycles. The van der Waals surface area contributed by atoms with Crippen molar-refractivity contribution in [2.24, 2.45) is 0 Å². The van der Waals surface area contributed by atoms with Crippen LogP contribution in [0.15, 0.2) is 66.7 Å². The van der Waals surface area contributed by atoms with E-state index in [1.54, 1.807) is 23.9 Å². The van der Waals surface area contributed by atoms with Crippen LogP contribution in [0.25, 0.3) is 10.8 Å². The van der Waals surface area contributed by atoms with Crippen LogP contribution in [0.1, 0.15) is 15.9 Å². The largest absolute Gasteiger partial charge is 0.478 e. The Labute approximate surface area is 149 Å². The monoisotopic (exact) mass is 351 g/mol. The lowest BCUT2D eigenvalue weighted by Crippen LogP contribution is -2.14. The summed E-state index contributed by atoms with van der Waals surface area (Å²) in [5.74, 6) is 0.0154. The van der Waals surface area contributed by atoms with Crippen molar-refractivity contribution >= 4 is 40.1 Å². The molecule has 4 nitrogen and oxygen atoms in total. The highest BCUT2D eigenvalue weighted by molar-refractivity contribution is 7.99. The molecule has 126 valence electrons. The minimum atomic E-state index is -0.983. The summed E-state index contributed by atoms with van der Waals surface area (Å²) < 4.78 is 0. The summed E-state index contributed by atoms with van der Waals surface area (Å²) in [4.78, 5) is 22.8. The van der Waals surface area contributed by atoms with Crippen molar-refractivity contribution in [1.82, 2.24) is 0 Å². The Morgan fingerprint density at radius 1 is 0.920 bits per heavy atom. The van der Waals surface area contributed by atoms with E-state index in [1.807, 2.05) is 12.1 Å². The van der Waals surface area contributed by atoms with Crippen molar-refractivity contribution < 1.29 is 14.7 Å². The topological polar surface area (TPSA) is 66.4 Å². The molecule has 0 fully saturated rings. The van der Waals surface area contributed by atoms with Crippen LogP contribution in [0.4, 0.5) is 5.69 Å². The van der Waals surface area contributed by atoms with Gasteiger partial charge in [-0.3, -0.25) is 4.79 Å². The van der Waals surface area contributed by atoms with Crippen LogP contribution >= 0.6 is 11.8 Å². The zero-order valence-electron chi connectivity index (χ0n) is 13.4. The van der Waals surface area contributed by atoms with Crippen LogP contribution < -0.4 is 5.32 Å². The molecule has 5 heteroatoms. The van der Waals surface area contributed by atoms with Crippen LogP contribution in [-0.2, 0) is 10.5 Å². The Kier molecular flexibility index (Phi) is 5.36. The maximum atomic E-state index is 12.0. The van der Waals surface area contributed by atoms with E-state index in [4.69, 9.17) is 5.11 Å². The van der Waals surface area contributed by atoms with Crippen molar-refractivity contribution in [2.75, 3.05) is 11.1 Å². The molecule has 0 aliphatic heterocycles. The summed E-state index contributed by atoms with van der Waals surface area (Å²) in [6.07, 6.45) is 0. The highest BCUT2D eigenvalue weighted by Crippen LogP contribution is 2.19. The normalized spacial score (nSPS) is 10.6. The predicted octanol–water partition coefficient (Wildman–Crippen LogP) is 4.41. The minimum Gasteiger partial charge on any atom is -0.478 e. The molecule has 3 aromatic carbocycles. The number of rotatable bonds is 6. The quantitative estimate of drug-likeness (QED) is 0.690. The zero-order valence-corrected chi connectivity index (χ0v) is 14.3. The molecule has 0 radical (unpaired) electrons. The van der Waals surface area contributed by atoms with Gasteiger partial charge in [-0.2, -0.15) is 0 Å². The Morgan fingerprint density at radius 3 is 2.36 bits per heavy atom. The summed E-state index contributed by atoms with van der Waals surface area (Å²) in [6, 6.07) is 20.6. The van der Waals surface area contributed by atoms with Crippen molar-refractivity contribution in [3.05, 3.63) is 77.9 Å². The number of anilines is 1. The van der Waals surface area contributed by atoms with Gasteiger partial charge < -0.3 is 10.4 Å². The molecule has 25 heavy (non-hydrogen) atoms. The molecule has 0 atom stereocenters. The molecule has 0 spiro atoms. The van der Waals surface area contributed by atoms with Gasteiger partial charge in [0.25, 0.3) is 0 Å². The number of hydrogen-bond donors (Lipinski definition) is 2. The van der Waals surface area contributed by atoms with Gasteiger partial charge in [0.2, 0.25) is 5.91 Å². The molecule has 1 amide bonds. The van der Waals surface area contributed by atoms with Crippen LogP contribution in [0.2, 0.25) is 0 Å². The molecule has 2 N–H and O–H groups in total. The summed E-state index contributed by atoms with van der Waals surface area (Å²) >= 11 is 1.54. The van der Waals surface area contributed by atoms with Gasteiger partial charge in [0, 0.05) is 11.4 Å². The van der Waals surface area contributed by atoms with Gasteiger partial charge >= 0.3 is 5.97 Å². The van der Waals surface area contributed by atoms with Gasteiger partial charge in [0.05, 0.1) is 11.3 Å². The highest BCUT2D eigenvalue weighted by atomic mass is 32.2. The number of nitrogens with one attached hydrogen (secondary N) is 1. The Balaban J connectivity index is 1.50. The zero-order chi connectivity index (χ0) is 17.6. The number of hydrogen-bond acceptors (Lipinski definition) is 3. The van der Waals surface area contributed by atoms with Crippen LogP contribution in [-0.4, -0.2) is 22.7 Å². The van der Waals surface area contributed by atoms with E-state index in [0.717, 1.165) is 5.75 Å². The molecular formula is C20H17NO3S. The Bertz CT molecular complexity index is 906. The minimum absolute atomic E-state index is 0.103. The number of carboxylic acids is 1. The van der Waals surface area contributed by atoms with Crippen molar-refractivity contribution in [2.45, 2.75) is 5.75 Å².